The molecule has 30 heteroatoms. The zero-order chi connectivity index (χ0) is 56.6. The largest absolute Gasteiger partial charge is 0.500 e. The second kappa shape index (κ2) is 46.6. The van der Waals surface area contributed by atoms with Gasteiger partial charge in [0.1, 0.15) is 0 Å². The number of nitrogens with one attached hydrogen (secondary N) is 3. The molecule has 0 fully saturated rings. The molecule has 2 aromatic heterocycles. The summed E-state index contributed by atoms with van der Waals surface area (Å²) >= 11 is 12.2. The lowest BCUT2D eigenvalue weighted by molar-refractivity contribution is 0.0697. The predicted octanol–water partition coefficient (Wildman–Crippen LogP) is 8.65. The lowest BCUT2D eigenvalue weighted by atomic mass is 10.3. The molecular formula is C48H106Cl2N12O12Si4. The van der Waals surface area contributed by atoms with Crippen LogP contribution in [0.2, 0.25) is 34.7 Å². The summed E-state index contributed by atoms with van der Waals surface area (Å²) in [6.07, 6.45) is 3.04. The van der Waals surface area contributed by atoms with Crippen LogP contribution in [0.4, 0.5) is 23.8 Å². The Labute approximate surface area is 485 Å². The van der Waals surface area contributed by atoms with Gasteiger partial charge < -0.3 is 84.6 Å². The highest BCUT2D eigenvalue weighted by atomic mass is 35.5. The van der Waals surface area contributed by atoms with Crippen LogP contribution in [0.5, 0.6) is 0 Å². The Morgan fingerprint density at radius 3 is 0.897 bits per heavy atom. The van der Waals surface area contributed by atoms with Gasteiger partial charge in [-0.3, -0.25) is 0 Å². The lowest BCUT2D eigenvalue weighted by Gasteiger charge is -2.31. The molecule has 2 rings (SSSR count). The topological polar surface area (TPSA) is 257 Å². The van der Waals surface area contributed by atoms with Crippen molar-refractivity contribution in [1.82, 2.24) is 35.2 Å². The average molecular weight is 1230 g/mol. The fourth-order valence-electron chi connectivity index (χ4n) is 8.05. The van der Waals surface area contributed by atoms with Gasteiger partial charge in [0.15, 0.2) is 0 Å². The van der Waals surface area contributed by atoms with E-state index in [0.29, 0.717) is 173 Å². The van der Waals surface area contributed by atoms with Gasteiger partial charge in [0.05, 0.1) is 6.67 Å². The summed E-state index contributed by atoms with van der Waals surface area (Å²) < 4.78 is 72.4. The van der Waals surface area contributed by atoms with Crippen molar-refractivity contribution in [2.75, 3.05) is 153 Å². The molecule has 0 saturated heterocycles. The van der Waals surface area contributed by atoms with E-state index in [1.165, 1.54) is 0 Å². The van der Waals surface area contributed by atoms with E-state index in [2.05, 4.69) is 40.8 Å². The number of anilines is 4. The highest BCUT2D eigenvalue weighted by molar-refractivity contribution is 6.61. The van der Waals surface area contributed by atoms with Crippen molar-refractivity contribution in [2.24, 2.45) is 5.73 Å². The minimum absolute atomic E-state index is 0. The van der Waals surface area contributed by atoms with E-state index < -0.39 is 35.2 Å². The van der Waals surface area contributed by atoms with Crippen molar-refractivity contribution in [3.8, 4) is 0 Å². The van der Waals surface area contributed by atoms with Gasteiger partial charge in [0.2, 0.25) is 34.4 Å². The summed E-state index contributed by atoms with van der Waals surface area (Å²) in [6.45, 7) is 34.1. The van der Waals surface area contributed by atoms with Crippen LogP contribution in [0.25, 0.3) is 0 Å². The van der Waals surface area contributed by atoms with Gasteiger partial charge in [-0.2, -0.15) is 29.9 Å². The molecule has 0 saturated carbocycles. The van der Waals surface area contributed by atoms with Crippen molar-refractivity contribution < 1.29 is 53.1 Å². The molecule has 78 heavy (non-hydrogen) atoms. The van der Waals surface area contributed by atoms with Crippen molar-refractivity contribution in [2.45, 2.75) is 148 Å². The maximum absolute atomic E-state index is 6.08. The fourth-order valence-corrected chi connectivity index (χ4v) is 18.8. The maximum atomic E-state index is 6.08. The zero-order valence-corrected chi connectivity index (χ0v) is 53.9. The summed E-state index contributed by atoms with van der Waals surface area (Å²) in [7, 11) is -9.26. The number of nitrogens with two attached hydrogens (primary N) is 1. The monoisotopic (exact) mass is 1220 g/mol. The molecule has 0 spiro atoms. The highest BCUT2D eigenvalue weighted by Crippen LogP contribution is 2.26. The van der Waals surface area contributed by atoms with E-state index in [1.807, 2.05) is 95.0 Å². The summed E-state index contributed by atoms with van der Waals surface area (Å²) in [5.41, 5.74) is 5.72. The highest BCUT2D eigenvalue weighted by Gasteiger charge is 2.43. The molecule has 0 aliphatic carbocycles. The second-order valence-corrected chi connectivity index (χ2v) is 27.8. The standard InChI is InChI=1S/C25H56N8O6Si2.C21H42Cl2N4O6Si2.2CH4/c1-8-34-40(35-9-2,36-10-3)20-14-18-33(19-15-21-41(37-11-4,38-12-5)39-13-6)25-31-23(28-17-16-26)30-24(32-25)29-22-27-7;1-7-28-34(29-8-2,30-9-3)17-13-15-27(21-25-19(22)24-20(23)26-21)16-14-18-35(31-10-4,32-11-5)33-12-6;;/h27H,8-22,26H2,1-7H3,(H2,28,29,30,31,32);7-18H2,1-6H3;2*1H4. The van der Waals surface area contributed by atoms with Crippen LogP contribution in [-0.2, 0) is 53.1 Å². The summed E-state index contributed by atoms with van der Waals surface area (Å²) in [5, 5.41) is 9.54. The molecule has 0 bridgehead atoms. The van der Waals surface area contributed by atoms with E-state index in [-0.39, 0.29) is 25.4 Å². The Balaban J connectivity index is 0. The van der Waals surface area contributed by atoms with E-state index in [4.69, 9.17) is 92.0 Å². The van der Waals surface area contributed by atoms with Crippen LogP contribution in [0.3, 0.4) is 0 Å². The normalized spacial score (nSPS) is 11.9. The first-order chi connectivity index (χ1) is 36.7. The number of nitrogens with zero attached hydrogens (tertiary/aromatic N) is 8. The Hall–Kier alpha value is -1.89. The molecule has 5 N–H and O–H groups in total. The molecule has 0 aliphatic heterocycles. The molecule has 0 aliphatic rings. The quantitative estimate of drug-likeness (QED) is 0.0357. The van der Waals surface area contributed by atoms with Gasteiger partial charge in [-0.05, 0) is 139 Å². The SMILES string of the molecule is C.C.CCO[Si](CCCN(CCC[Si](OCC)(OCC)OCC)c1nc(Cl)nc(Cl)n1)(OCC)OCC.CCO[Si](CCCN(CCC[Si](OCC)(OCC)OCC)c1nc(NCCN)nc(NCNC)n1)(OCC)OCC. The molecule has 0 radical (unpaired) electrons. The zero-order valence-electron chi connectivity index (χ0n) is 48.4. The van der Waals surface area contributed by atoms with Crippen LogP contribution in [0.1, 0.15) is 124 Å². The smallest absolute Gasteiger partial charge is 0.374 e. The van der Waals surface area contributed by atoms with Crippen LogP contribution in [0.15, 0.2) is 0 Å². The number of hydrogen-bond donors (Lipinski definition) is 4. The third-order valence-electron chi connectivity index (χ3n) is 10.6. The molecule has 0 unspecified atom stereocenters. The van der Waals surface area contributed by atoms with Crippen LogP contribution >= 0.6 is 23.2 Å². The van der Waals surface area contributed by atoms with Gasteiger partial charge in [-0.25, -0.2) is 0 Å². The van der Waals surface area contributed by atoms with E-state index in [1.54, 1.807) is 0 Å². The second-order valence-electron chi connectivity index (χ2n) is 16.2. The molecule has 0 amide bonds. The Morgan fingerprint density at radius 1 is 0.397 bits per heavy atom. The lowest BCUT2D eigenvalue weighted by Crippen LogP contribution is -2.47. The first kappa shape index (κ1) is 78.2. The molecule has 0 atom stereocenters. The van der Waals surface area contributed by atoms with Crippen molar-refractivity contribution in [1.29, 1.82) is 0 Å². The first-order valence-electron chi connectivity index (χ1n) is 27.6. The Kier molecular flexibility index (Phi) is 46.7. The minimum atomic E-state index is -2.79. The van der Waals surface area contributed by atoms with Gasteiger partial charge >= 0.3 is 35.2 Å². The third kappa shape index (κ3) is 30.4. The van der Waals surface area contributed by atoms with Gasteiger partial charge in [-0.1, -0.05) is 14.9 Å². The van der Waals surface area contributed by atoms with E-state index in [9.17, 15) is 0 Å². The van der Waals surface area contributed by atoms with Crippen LogP contribution in [0, 0.1) is 0 Å². The van der Waals surface area contributed by atoms with Crippen molar-refractivity contribution >= 4 is 82.2 Å². The average Bonchev–Trinajstić information content (AvgIpc) is 3.37. The van der Waals surface area contributed by atoms with Crippen LogP contribution in [-0.4, -0.2) is 197 Å². The summed E-state index contributed by atoms with van der Waals surface area (Å²) in [6, 6.07) is 2.70. The molecule has 0 aromatic carbocycles. The van der Waals surface area contributed by atoms with Crippen molar-refractivity contribution in [3.63, 3.8) is 0 Å². The van der Waals surface area contributed by atoms with Gasteiger partial charge in [0, 0.05) is 143 Å². The minimum Gasteiger partial charge on any atom is -0.374 e. The Bertz CT molecular complexity index is 1590. The van der Waals surface area contributed by atoms with E-state index >= 15 is 0 Å². The van der Waals surface area contributed by atoms with Crippen LogP contribution < -0.4 is 31.5 Å². The van der Waals surface area contributed by atoms with Gasteiger partial charge in [-0.15, -0.1) is 0 Å². The van der Waals surface area contributed by atoms with Gasteiger partial charge in [0.25, 0.3) is 0 Å². The number of aromatic nitrogens is 6. The summed E-state index contributed by atoms with van der Waals surface area (Å²) in [4.78, 5) is 30.7. The molecule has 460 valence electrons. The fraction of sp³-hybridized carbons (Fsp3) is 0.875. The number of hydrogen-bond acceptors (Lipinski definition) is 24. The number of rotatable bonds is 48. The maximum Gasteiger partial charge on any atom is 0.500 e. The third-order valence-corrected chi connectivity index (χ3v) is 23.6. The molecule has 2 heterocycles. The molecule has 24 nitrogen and oxygen atoms in total. The molecule has 2 aromatic rings. The predicted molar refractivity (Wildman–Crippen MR) is 323 cm³/mol. The van der Waals surface area contributed by atoms with E-state index in [0.717, 1.165) is 25.7 Å². The summed E-state index contributed by atoms with van der Waals surface area (Å²) in [5.74, 6) is 1.92. The number of halogens is 2. The Morgan fingerprint density at radius 2 is 0.654 bits per heavy atom. The van der Waals surface area contributed by atoms with Crippen molar-refractivity contribution in [3.05, 3.63) is 10.6 Å². The molecular weight excluding hydrogens is 1120 g/mol. The first-order valence-corrected chi connectivity index (χ1v) is 36.0.